The molecule has 2 aliphatic rings. The summed E-state index contributed by atoms with van der Waals surface area (Å²) in [5.41, 5.74) is 2.12. The molecule has 6 nitrogen and oxygen atoms in total. The molecular formula is C20H13NO5. The van der Waals surface area contributed by atoms with Crippen LogP contribution in [0.2, 0.25) is 0 Å². The average molecular weight is 347 g/mol. The van der Waals surface area contributed by atoms with Crippen molar-refractivity contribution in [2.75, 3.05) is 13.9 Å². The summed E-state index contributed by atoms with van der Waals surface area (Å²) in [4.78, 5) is 24.8. The van der Waals surface area contributed by atoms with E-state index in [1.54, 1.807) is 19.2 Å². The van der Waals surface area contributed by atoms with E-state index in [1.807, 2.05) is 30.3 Å². The lowest BCUT2D eigenvalue weighted by Gasteiger charge is -2.14. The van der Waals surface area contributed by atoms with E-state index in [0.29, 0.717) is 33.9 Å². The molecule has 3 aromatic rings. The molecule has 0 saturated heterocycles. The minimum absolute atomic E-state index is 0.161. The van der Waals surface area contributed by atoms with Gasteiger partial charge in [-0.2, -0.15) is 0 Å². The number of fused-ring (bicyclic) bond motifs is 3. The van der Waals surface area contributed by atoms with Gasteiger partial charge in [0.25, 0.3) is 11.8 Å². The summed E-state index contributed by atoms with van der Waals surface area (Å²) in [5, 5.41) is 3.98. The Labute approximate surface area is 148 Å². The largest absolute Gasteiger partial charge is 0.496 e. The molecule has 3 aromatic carbocycles. The van der Waals surface area contributed by atoms with E-state index in [0.717, 1.165) is 16.3 Å². The first-order chi connectivity index (χ1) is 12.7. The number of benzene rings is 3. The summed E-state index contributed by atoms with van der Waals surface area (Å²) in [5.74, 6) is 1.08. The molecule has 0 aromatic heterocycles. The normalized spacial score (nSPS) is 14.5. The van der Waals surface area contributed by atoms with Crippen LogP contribution in [-0.2, 0) is 0 Å². The van der Waals surface area contributed by atoms with Gasteiger partial charge < -0.3 is 14.2 Å². The van der Waals surface area contributed by atoms with Crippen molar-refractivity contribution in [2.45, 2.75) is 0 Å². The van der Waals surface area contributed by atoms with Crippen LogP contribution in [0.25, 0.3) is 21.9 Å². The van der Waals surface area contributed by atoms with Gasteiger partial charge in [0, 0.05) is 10.9 Å². The highest BCUT2D eigenvalue weighted by molar-refractivity contribution is 6.28. The molecule has 6 heteroatoms. The van der Waals surface area contributed by atoms with Crippen LogP contribution >= 0.6 is 0 Å². The molecule has 0 unspecified atom stereocenters. The van der Waals surface area contributed by atoms with Gasteiger partial charge in [-0.3, -0.25) is 14.9 Å². The van der Waals surface area contributed by atoms with E-state index in [-0.39, 0.29) is 6.79 Å². The fraction of sp³-hybridized carbons (Fsp3) is 0.100. The maximum Gasteiger partial charge on any atom is 0.259 e. The number of ether oxygens (including phenoxy) is 3. The van der Waals surface area contributed by atoms with E-state index in [9.17, 15) is 9.59 Å². The molecule has 0 atom stereocenters. The van der Waals surface area contributed by atoms with Gasteiger partial charge in [0.05, 0.1) is 18.2 Å². The van der Waals surface area contributed by atoms with E-state index in [2.05, 4.69) is 5.32 Å². The Morgan fingerprint density at radius 1 is 0.962 bits per heavy atom. The highest BCUT2D eigenvalue weighted by atomic mass is 16.7. The number of nitrogens with one attached hydrogen (secondary N) is 1. The van der Waals surface area contributed by atoms with Crippen molar-refractivity contribution in [3.8, 4) is 28.4 Å². The Balaban J connectivity index is 1.92. The first kappa shape index (κ1) is 14.8. The average Bonchev–Trinajstić information content (AvgIpc) is 3.23. The molecule has 2 aliphatic heterocycles. The SMILES string of the molecule is COc1cccc2cc3c(c(-c4ccc5c(c4)OCO5)c12)C(=O)NC3=O. The van der Waals surface area contributed by atoms with Gasteiger partial charge in [0.1, 0.15) is 5.75 Å². The minimum atomic E-state index is -0.412. The molecule has 0 saturated carbocycles. The zero-order chi connectivity index (χ0) is 17.8. The summed E-state index contributed by atoms with van der Waals surface area (Å²) in [6.45, 7) is 0.161. The van der Waals surface area contributed by atoms with Gasteiger partial charge in [0.15, 0.2) is 11.5 Å². The van der Waals surface area contributed by atoms with Crippen LogP contribution in [-0.4, -0.2) is 25.7 Å². The highest BCUT2D eigenvalue weighted by Crippen LogP contribution is 2.44. The summed E-state index contributed by atoms with van der Waals surface area (Å²) < 4.78 is 16.4. The number of amides is 2. The quantitative estimate of drug-likeness (QED) is 0.721. The first-order valence-corrected chi connectivity index (χ1v) is 8.07. The lowest BCUT2D eigenvalue weighted by Crippen LogP contribution is -2.20. The van der Waals surface area contributed by atoms with Crippen LogP contribution < -0.4 is 19.5 Å². The number of methoxy groups -OCH3 is 1. The van der Waals surface area contributed by atoms with Gasteiger partial charge in [-0.05, 0) is 35.2 Å². The molecule has 5 rings (SSSR count). The maximum absolute atomic E-state index is 12.5. The Kier molecular flexibility index (Phi) is 2.97. The third-order valence-corrected chi connectivity index (χ3v) is 4.71. The Morgan fingerprint density at radius 2 is 1.81 bits per heavy atom. The second-order valence-corrected chi connectivity index (χ2v) is 6.08. The summed E-state index contributed by atoms with van der Waals surface area (Å²) >= 11 is 0. The van der Waals surface area contributed by atoms with Crippen LogP contribution in [0, 0.1) is 0 Å². The third-order valence-electron chi connectivity index (χ3n) is 4.71. The van der Waals surface area contributed by atoms with Crippen LogP contribution in [0.3, 0.4) is 0 Å². The first-order valence-electron chi connectivity index (χ1n) is 8.07. The maximum atomic E-state index is 12.5. The molecule has 0 spiro atoms. The predicted octanol–water partition coefficient (Wildman–Crippen LogP) is 3.13. The summed E-state index contributed by atoms with van der Waals surface area (Å²) in [7, 11) is 1.58. The fourth-order valence-corrected chi connectivity index (χ4v) is 3.58. The van der Waals surface area contributed by atoms with Crippen molar-refractivity contribution < 1.29 is 23.8 Å². The summed E-state index contributed by atoms with van der Waals surface area (Å²) in [6, 6.07) is 12.8. The number of carbonyl (C=O) groups excluding carboxylic acids is 2. The van der Waals surface area contributed by atoms with Crippen LogP contribution in [0.1, 0.15) is 20.7 Å². The standard InChI is InChI=1S/C20H13NO5/c1-24-14-4-2-3-10-7-12-18(20(23)21-19(12)22)17(16(10)14)11-5-6-13-15(8-11)26-9-25-13/h2-8H,9H2,1H3,(H,21,22,23). The Hall–Kier alpha value is -3.54. The Bertz CT molecular complexity index is 1120. The minimum Gasteiger partial charge on any atom is -0.496 e. The molecule has 0 radical (unpaired) electrons. The van der Waals surface area contributed by atoms with Crippen molar-refractivity contribution in [1.82, 2.24) is 5.32 Å². The summed E-state index contributed by atoms with van der Waals surface area (Å²) in [6.07, 6.45) is 0. The lowest BCUT2D eigenvalue weighted by molar-refractivity contribution is 0.0880. The van der Waals surface area contributed by atoms with Crippen LogP contribution in [0.5, 0.6) is 17.2 Å². The van der Waals surface area contributed by atoms with Gasteiger partial charge in [0.2, 0.25) is 6.79 Å². The molecule has 128 valence electrons. The Morgan fingerprint density at radius 3 is 2.65 bits per heavy atom. The van der Waals surface area contributed by atoms with E-state index >= 15 is 0 Å². The topological polar surface area (TPSA) is 73.9 Å². The van der Waals surface area contributed by atoms with E-state index in [1.165, 1.54) is 0 Å². The third kappa shape index (κ3) is 1.92. The second kappa shape index (κ2) is 5.23. The molecule has 0 bridgehead atoms. The van der Waals surface area contributed by atoms with Crippen molar-refractivity contribution in [3.63, 3.8) is 0 Å². The van der Waals surface area contributed by atoms with Crippen LogP contribution in [0.15, 0.2) is 42.5 Å². The zero-order valence-electron chi connectivity index (χ0n) is 13.8. The second-order valence-electron chi connectivity index (χ2n) is 6.08. The van der Waals surface area contributed by atoms with Crippen molar-refractivity contribution in [1.29, 1.82) is 0 Å². The van der Waals surface area contributed by atoms with Crippen molar-refractivity contribution >= 4 is 22.6 Å². The predicted molar refractivity (Wildman–Crippen MR) is 93.9 cm³/mol. The van der Waals surface area contributed by atoms with E-state index < -0.39 is 11.8 Å². The van der Waals surface area contributed by atoms with Crippen molar-refractivity contribution in [3.05, 3.63) is 53.6 Å². The molecule has 0 fully saturated rings. The zero-order valence-corrected chi connectivity index (χ0v) is 13.8. The number of hydrogen-bond acceptors (Lipinski definition) is 5. The van der Waals surface area contributed by atoms with Crippen molar-refractivity contribution in [2.24, 2.45) is 0 Å². The number of hydrogen-bond donors (Lipinski definition) is 1. The molecule has 1 N–H and O–H groups in total. The van der Waals surface area contributed by atoms with Gasteiger partial charge in [-0.1, -0.05) is 18.2 Å². The monoisotopic (exact) mass is 347 g/mol. The van der Waals surface area contributed by atoms with Gasteiger partial charge in [-0.15, -0.1) is 0 Å². The molecular weight excluding hydrogens is 334 g/mol. The smallest absolute Gasteiger partial charge is 0.259 e. The molecule has 26 heavy (non-hydrogen) atoms. The molecule has 2 amide bonds. The van der Waals surface area contributed by atoms with Crippen LogP contribution in [0.4, 0.5) is 0 Å². The van der Waals surface area contributed by atoms with Gasteiger partial charge in [-0.25, -0.2) is 0 Å². The number of carbonyl (C=O) groups is 2. The lowest BCUT2D eigenvalue weighted by atomic mass is 9.90. The van der Waals surface area contributed by atoms with E-state index in [4.69, 9.17) is 14.2 Å². The fourth-order valence-electron chi connectivity index (χ4n) is 3.58. The molecule has 2 heterocycles. The highest BCUT2D eigenvalue weighted by Gasteiger charge is 2.32. The van der Waals surface area contributed by atoms with Gasteiger partial charge >= 0.3 is 0 Å². The number of rotatable bonds is 2. The number of imide groups is 1. The molecule has 0 aliphatic carbocycles.